The van der Waals surface area contributed by atoms with Crippen molar-refractivity contribution >= 4 is 34.5 Å². The Hall–Kier alpha value is -5.24. The Labute approximate surface area is 319 Å². The number of hydrogen-bond acceptors (Lipinski definition) is 4. The number of fused-ring (bicyclic) bond motifs is 2. The van der Waals surface area contributed by atoms with Crippen molar-refractivity contribution < 1.29 is 19.3 Å². The summed E-state index contributed by atoms with van der Waals surface area (Å²) in [5, 5.41) is 23.4. The van der Waals surface area contributed by atoms with Crippen LogP contribution in [0.4, 0.5) is 0 Å². The lowest BCUT2D eigenvalue weighted by Crippen LogP contribution is -2.27. The number of phenols is 2. The maximum atomic E-state index is 11.7. The third-order valence-electron chi connectivity index (χ3n) is 11.1. The summed E-state index contributed by atoms with van der Waals surface area (Å²) < 4.78 is 8.63. The molecule has 2 atom stereocenters. The van der Waals surface area contributed by atoms with E-state index in [1.54, 1.807) is 0 Å². The van der Waals surface area contributed by atoms with Crippen molar-refractivity contribution in [2.24, 2.45) is 24.1 Å². The molecule has 6 aromatic rings. The summed E-state index contributed by atoms with van der Waals surface area (Å²) in [6.07, 6.45) is 11.9. The van der Waals surface area contributed by atoms with Gasteiger partial charge < -0.3 is 10.2 Å². The van der Waals surface area contributed by atoms with E-state index in [0.717, 1.165) is 81.1 Å². The number of aryl methyl sites for hydroxylation is 2. The predicted molar refractivity (Wildman–Crippen MR) is 219 cm³/mol. The van der Waals surface area contributed by atoms with Gasteiger partial charge in [0.1, 0.15) is 24.6 Å². The molecule has 54 heavy (non-hydrogen) atoms. The molecule has 2 heterocycles. The first-order valence-electron chi connectivity index (χ1n) is 19.3. The zero-order valence-electron chi connectivity index (χ0n) is 33.2. The summed E-state index contributed by atoms with van der Waals surface area (Å²) in [6.45, 7) is 14.3. The average molecular weight is 725 g/mol. The lowest BCUT2D eigenvalue weighted by atomic mass is 9.84. The number of hydrogen-bond donors (Lipinski definition) is 2. The molecule has 0 saturated heterocycles. The number of benzene rings is 4. The molecule has 0 spiro atoms. The SMILES string of the molecule is C[n+]1cn(Cc2cc(C(C)(C)C)cc(C=N[C@@H]3CCCC[C@H]3N=Cc3cc(C(C)(C)C)cc(Cn4c[n+](C)c5ccccc54)c3O)c2O)c2ccccc21. The lowest BCUT2D eigenvalue weighted by molar-refractivity contribution is -0.645. The highest BCUT2D eigenvalue weighted by Crippen LogP contribution is 2.34. The molecule has 4 aromatic carbocycles. The van der Waals surface area contributed by atoms with Crippen LogP contribution in [0.15, 0.2) is 95.4 Å². The molecule has 1 aliphatic rings. The van der Waals surface area contributed by atoms with E-state index >= 15 is 0 Å². The van der Waals surface area contributed by atoms with E-state index in [-0.39, 0.29) is 34.4 Å². The van der Waals surface area contributed by atoms with Crippen LogP contribution in [0.2, 0.25) is 0 Å². The molecule has 7 rings (SSSR count). The van der Waals surface area contributed by atoms with Gasteiger partial charge in [-0.15, -0.1) is 0 Å². The minimum absolute atomic E-state index is 0.0257. The van der Waals surface area contributed by atoms with Crippen molar-refractivity contribution in [3.05, 3.63) is 119 Å². The predicted octanol–water partition coefficient (Wildman–Crippen LogP) is 8.20. The van der Waals surface area contributed by atoms with Gasteiger partial charge in [0.05, 0.1) is 26.2 Å². The van der Waals surface area contributed by atoms with Crippen molar-refractivity contribution in [1.29, 1.82) is 0 Å². The van der Waals surface area contributed by atoms with Gasteiger partial charge in [0.2, 0.25) is 12.7 Å². The van der Waals surface area contributed by atoms with Gasteiger partial charge in [-0.25, -0.2) is 18.3 Å². The van der Waals surface area contributed by atoms with Gasteiger partial charge >= 0.3 is 0 Å². The van der Waals surface area contributed by atoms with E-state index < -0.39 is 0 Å². The van der Waals surface area contributed by atoms with Crippen molar-refractivity contribution in [3.63, 3.8) is 0 Å². The van der Waals surface area contributed by atoms with Crippen LogP contribution in [0.25, 0.3) is 22.1 Å². The minimum Gasteiger partial charge on any atom is -0.507 e. The van der Waals surface area contributed by atoms with E-state index in [1.165, 1.54) is 0 Å². The fraction of sp³-hybridized carbons (Fsp3) is 0.391. The largest absolute Gasteiger partial charge is 0.507 e. The van der Waals surface area contributed by atoms with Gasteiger partial charge in [-0.3, -0.25) is 9.98 Å². The zero-order chi connectivity index (χ0) is 38.4. The molecule has 280 valence electrons. The van der Waals surface area contributed by atoms with Crippen LogP contribution in [0, 0.1) is 0 Å². The van der Waals surface area contributed by atoms with Crippen molar-refractivity contribution in [1.82, 2.24) is 9.13 Å². The molecule has 2 N–H and O–H groups in total. The summed E-state index contributed by atoms with van der Waals surface area (Å²) in [6, 6.07) is 25.1. The van der Waals surface area contributed by atoms with E-state index in [0.29, 0.717) is 13.1 Å². The van der Waals surface area contributed by atoms with Crippen LogP contribution in [-0.4, -0.2) is 43.9 Å². The lowest BCUT2D eigenvalue weighted by Gasteiger charge is -2.26. The zero-order valence-corrected chi connectivity index (χ0v) is 33.2. The molecule has 0 unspecified atom stereocenters. The molecular formula is C46H56N6O2+2. The fourth-order valence-corrected chi connectivity index (χ4v) is 7.83. The third-order valence-corrected chi connectivity index (χ3v) is 11.1. The molecule has 1 aliphatic carbocycles. The minimum atomic E-state index is -0.110. The average Bonchev–Trinajstić information content (AvgIpc) is 3.63. The van der Waals surface area contributed by atoms with Crippen LogP contribution in [-0.2, 0) is 38.0 Å². The third kappa shape index (κ3) is 7.57. The van der Waals surface area contributed by atoms with E-state index in [9.17, 15) is 10.2 Å². The second-order valence-corrected chi connectivity index (χ2v) is 17.3. The fourth-order valence-electron chi connectivity index (χ4n) is 7.83. The number of aromatic nitrogens is 4. The van der Waals surface area contributed by atoms with Gasteiger partial charge in [0, 0.05) is 34.7 Å². The molecule has 1 saturated carbocycles. The standard InChI is InChI=1S/C46H54N6O2/c1-45(2,3)35-21-31(43(53)33(23-35)27-51-29-49(7)39-17-11-13-19-41(39)51)25-47-37-15-9-10-16-38(37)48-26-32-22-36(46(4,5)6)24-34(44(32)54)28-52-30-50(8)40-18-12-14-20-42(40)52/h11-14,17-26,29-30,37-38H,9-10,15-16,27-28H2,1-8H3/p+2/t37-,38-/m1/s1. The highest BCUT2D eigenvalue weighted by molar-refractivity contribution is 5.86. The Kier molecular flexibility index (Phi) is 9.98. The van der Waals surface area contributed by atoms with Crippen molar-refractivity contribution in [2.75, 3.05) is 0 Å². The number of imidazole rings is 2. The number of aliphatic imine (C=N–C) groups is 2. The van der Waals surface area contributed by atoms with Crippen LogP contribution >= 0.6 is 0 Å². The first kappa shape index (κ1) is 37.1. The number of rotatable bonds is 8. The first-order valence-corrected chi connectivity index (χ1v) is 19.3. The van der Waals surface area contributed by atoms with Crippen LogP contribution in [0.1, 0.15) is 101 Å². The summed E-state index contributed by atoms with van der Waals surface area (Å²) >= 11 is 0. The molecule has 0 amide bonds. The molecule has 1 fully saturated rings. The second kappa shape index (κ2) is 14.5. The first-order chi connectivity index (χ1) is 25.7. The van der Waals surface area contributed by atoms with Gasteiger partial charge in [-0.2, -0.15) is 0 Å². The smallest absolute Gasteiger partial charge is 0.244 e. The Bertz CT molecular complexity index is 2220. The number of nitrogens with zero attached hydrogens (tertiary/aromatic N) is 6. The summed E-state index contributed by atoms with van der Waals surface area (Å²) in [7, 11) is 4.11. The number of aromatic hydroxyl groups is 2. The molecule has 0 bridgehead atoms. The maximum Gasteiger partial charge on any atom is 0.244 e. The van der Waals surface area contributed by atoms with E-state index in [4.69, 9.17) is 9.98 Å². The molecule has 2 aromatic heterocycles. The van der Waals surface area contributed by atoms with Crippen molar-refractivity contribution in [2.45, 2.75) is 103 Å². The van der Waals surface area contributed by atoms with Crippen LogP contribution < -0.4 is 9.13 Å². The molecule has 8 nitrogen and oxygen atoms in total. The normalized spacial score (nSPS) is 17.1. The highest BCUT2D eigenvalue weighted by Gasteiger charge is 2.26. The Balaban J connectivity index is 1.19. The monoisotopic (exact) mass is 724 g/mol. The van der Waals surface area contributed by atoms with E-state index in [2.05, 4.69) is 159 Å². The number of phenolic OH excluding ortho intramolecular Hbond substituents is 2. The van der Waals surface area contributed by atoms with Crippen LogP contribution in [0.5, 0.6) is 11.5 Å². The molecule has 0 aliphatic heterocycles. The summed E-state index contributed by atoms with van der Waals surface area (Å²) in [5.74, 6) is 0.534. The summed E-state index contributed by atoms with van der Waals surface area (Å²) in [4.78, 5) is 10.3. The van der Waals surface area contributed by atoms with E-state index in [1.807, 2.05) is 12.4 Å². The molecule has 0 radical (unpaired) electrons. The van der Waals surface area contributed by atoms with Gasteiger partial charge in [-0.1, -0.05) is 78.6 Å². The molecule has 8 heteroatoms. The maximum absolute atomic E-state index is 11.7. The topological polar surface area (TPSA) is 82.8 Å². The highest BCUT2D eigenvalue weighted by atomic mass is 16.3. The van der Waals surface area contributed by atoms with Crippen LogP contribution in [0.3, 0.4) is 0 Å². The quantitative estimate of drug-likeness (QED) is 0.123. The summed E-state index contributed by atoms with van der Waals surface area (Å²) in [5.41, 5.74) is 9.84. The Morgan fingerprint density at radius 1 is 0.630 bits per heavy atom. The second-order valence-electron chi connectivity index (χ2n) is 17.3. The Morgan fingerprint density at radius 2 is 1.02 bits per heavy atom. The van der Waals surface area contributed by atoms with Gasteiger partial charge in [-0.05, 0) is 83.3 Å². The van der Waals surface area contributed by atoms with Gasteiger partial charge in [0.15, 0.2) is 22.1 Å². The van der Waals surface area contributed by atoms with Gasteiger partial charge in [0.25, 0.3) is 0 Å². The molecular weight excluding hydrogens is 669 g/mol. The number of para-hydroxylation sites is 4. The van der Waals surface area contributed by atoms with Crippen molar-refractivity contribution in [3.8, 4) is 11.5 Å². The Morgan fingerprint density at radius 3 is 1.41 bits per heavy atom.